The monoisotopic (exact) mass is 246 g/mol. The molecule has 96 valence electrons. The molecule has 16 heavy (non-hydrogen) atoms. The average molecular weight is 246 g/mol. The summed E-state index contributed by atoms with van der Waals surface area (Å²) in [5.41, 5.74) is 1.06. The highest BCUT2D eigenvalue weighted by molar-refractivity contribution is 6.44. The van der Waals surface area contributed by atoms with Gasteiger partial charge < -0.3 is 13.6 Å². The standard InChI is InChI=1S/C12H26O3Si/c1-6-12(13-9-11(4)5)10-16(14-7-2)15-8-3/h12,16H,4,6-10H2,1-3,5H3. The Morgan fingerprint density at radius 3 is 2.12 bits per heavy atom. The maximum absolute atomic E-state index is 5.75. The van der Waals surface area contributed by atoms with Gasteiger partial charge in [0.2, 0.25) is 0 Å². The number of rotatable bonds is 10. The molecule has 0 aromatic heterocycles. The van der Waals surface area contributed by atoms with Crippen LogP contribution in [0, 0.1) is 0 Å². The van der Waals surface area contributed by atoms with Crippen molar-refractivity contribution >= 4 is 9.28 Å². The van der Waals surface area contributed by atoms with Crippen LogP contribution in [0.25, 0.3) is 0 Å². The van der Waals surface area contributed by atoms with Crippen molar-refractivity contribution < 1.29 is 13.6 Å². The molecule has 0 aromatic carbocycles. The highest BCUT2D eigenvalue weighted by atomic mass is 28.3. The first-order valence-electron chi connectivity index (χ1n) is 6.13. The summed E-state index contributed by atoms with van der Waals surface area (Å²) in [4.78, 5) is 0. The van der Waals surface area contributed by atoms with Crippen LogP contribution >= 0.6 is 0 Å². The SMILES string of the molecule is C=C(C)COC(CC)C[SiH](OCC)OCC. The zero-order valence-corrected chi connectivity index (χ0v) is 12.3. The van der Waals surface area contributed by atoms with Crippen molar-refractivity contribution in [1.82, 2.24) is 0 Å². The lowest BCUT2D eigenvalue weighted by atomic mass is 10.3. The normalized spacial score (nSPS) is 13.1. The molecule has 3 nitrogen and oxygen atoms in total. The molecule has 0 bridgehead atoms. The third-order valence-electron chi connectivity index (χ3n) is 2.18. The second-order valence-corrected chi connectivity index (χ2v) is 5.87. The summed E-state index contributed by atoms with van der Waals surface area (Å²) in [5, 5.41) is 0. The third-order valence-corrected chi connectivity index (χ3v) is 4.50. The molecule has 0 N–H and O–H groups in total. The zero-order chi connectivity index (χ0) is 12.4. The molecule has 1 atom stereocenters. The minimum Gasteiger partial charge on any atom is -0.397 e. The molecular formula is C12H26O3Si. The largest absolute Gasteiger partial charge is 0.397 e. The number of hydrogen-bond donors (Lipinski definition) is 0. The first kappa shape index (κ1) is 15.8. The van der Waals surface area contributed by atoms with E-state index in [2.05, 4.69) is 13.5 Å². The van der Waals surface area contributed by atoms with Crippen molar-refractivity contribution in [3.05, 3.63) is 12.2 Å². The van der Waals surface area contributed by atoms with Gasteiger partial charge in [-0.3, -0.25) is 0 Å². The van der Waals surface area contributed by atoms with E-state index >= 15 is 0 Å². The van der Waals surface area contributed by atoms with Crippen LogP contribution in [-0.2, 0) is 13.6 Å². The van der Waals surface area contributed by atoms with Crippen LogP contribution < -0.4 is 0 Å². The van der Waals surface area contributed by atoms with E-state index in [-0.39, 0.29) is 6.10 Å². The molecular weight excluding hydrogens is 220 g/mol. The minimum atomic E-state index is -1.53. The maximum Gasteiger partial charge on any atom is 0.324 e. The minimum absolute atomic E-state index is 0.242. The molecule has 0 aliphatic rings. The van der Waals surface area contributed by atoms with Gasteiger partial charge in [-0.25, -0.2) is 0 Å². The number of ether oxygens (including phenoxy) is 1. The summed E-state index contributed by atoms with van der Waals surface area (Å²) >= 11 is 0. The van der Waals surface area contributed by atoms with E-state index in [1.54, 1.807) is 0 Å². The van der Waals surface area contributed by atoms with Crippen molar-refractivity contribution in [2.45, 2.75) is 46.3 Å². The van der Waals surface area contributed by atoms with Crippen molar-refractivity contribution in [2.24, 2.45) is 0 Å². The van der Waals surface area contributed by atoms with Crippen LogP contribution in [0.15, 0.2) is 12.2 Å². The smallest absolute Gasteiger partial charge is 0.324 e. The van der Waals surface area contributed by atoms with Crippen LogP contribution in [0.5, 0.6) is 0 Å². The molecule has 4 heteroatoms. The van der Waals surface area contributed by atoms with E-state index in [1.165, 1.54) is 0 Å². The first-order chi connectivity index (χ1) is 7.63. The Morgan fingerprint density at radius 1 is 1.19 bits per heavy atom. The highest BCUT2D eigenvalue weighted by Crippen LogP contribution is 2.11. The molecule has 0 aromatic rings. The van der Waals surface area contributed by atoms with Crippen LogP contribution in [0.2, 0.25) is 6.04 Å². The lowest BCUT2D eigenvalue weighted by Gasteiger charge is -2.21. The lowest BCUT2D eigenvalue weighted by Crippen LogP contribution is -2.29. The molecule has 0 rings (SSSR count). The Bertz CT molecular complexity index is 179. The number of hydrogen-bond acceptors (Lipinski definition) is 3. The third kappa shape index (κ3) is 8.04. The van der Waals surface area contributed by atoms with Gasteiger partial charge in [-0.2, -0.15) is 0 Å². The van der Waals surface area contributed by atoms with Gasteiger partial charge in [0.15, 0.2) is 0 Å². The van der Waals surface area contributed by atoms with Gasteiger partial charge in [-0.15, -0.1) is 0 Å². The summed E-state index contributed by atoms with van der Waals surface area (Å²) in [6.07, 6.45) is 1.24. The summed E-state index contributed by atoms with van der Waals surface area (Å²) in [6, 6.07) is 0.922. The fourth-order valence-electron chi connectivity index (χ4n) is 1.38. The Hall–Kier alpha value is -0.163. The zero-order valence-electron chi connectivity index (χ0n) is 11.1. The van der Waals surface area contributed by atoms with Gasteiger partial charge in [-0.05, 0) is 27.2 Å². The molecule has 0 radical (unpaired) electrons. The molecule has 1 unspecified atom stereocenters. The van der Waals surface area contributed by atoms with E-state index in [9.17, 15) is 0 Å². The Morgan fingerprint density at radius 2 is 1.75 bits per heavy atom. The molecule has 0 aliphatic heterocycles. The molecule has 0 spiro atoms. The van der Waals surface area contributed by atoms with E-state index in [1.807, 2.05) is 20.8 Å². The molecule has 0 aliphatic carbocycles. The molecule has 0 amide bonds. The van der Waals surface area contributed by atoms with E-state index < -0.39 is 9.28 Å². The summed E-state index contributed by atoms with van der Waals surface area (Å²) in [6.45, 7) is 14.1. The van der Waals surface area contributed by atoms with Gasteiger partial charge in [-0.1, -0.05) is 19.1 Å². The van der Waals surface area contributed by atoms with Crippen LogP contribution in [-0.4, -0.2) is 35.2 Å². The van der Waals surface area contributed by atoms with Gasteiger partial charge in [0, 0.05) is 19.3 Å². The maximum atomic E-state index is 5.75. The summed E-state index contributed by atoms with van der Waals surface area (Å²) < 4.78 is 17.0. The quantitative estimate of drug-likeness (QED) is 0.438. The Kier molecular flexibility index (Phi) is 9.92. The lowest BCUT2D eigenvalue weighted by molar-refractivity contribution is 0.0713. The first-order valence-corrected chi connectivity index (χ1v) is 7.89. The van der Waals surface area contributed by atoms with Gasteiger partial charge in [0.05, 0.1) is 12.7 Å². The fraction of sp³-hybridized carbons (Fsp3) is 0.833. The second kappa shape index (κ2) is 10.0. The van der Waals surface area contributed by atoms with Crippen molar-refractivity contribution in [2.75, 3.05) is 19.8 Å². The van der Waals surface area contributed by atoms with Crippen molar-refractivity contribution in [3.8, 4) is 0 Å². The van der Waals surface area contributed by atoms with Gasteiger partial charge >= 0.3 is 9.28 Å². The second-order valence-electron chi connectivity index (χ2n) is 3.87. The fourth-order valence-corrected chi connectivity index (χ4v) is 3.39. The van der Waals surface area contributed by atoms with Gasteiger partial charge in [0.1, 0.15) is 0 Å². The Balaban J connectivity index is 3.98. The van der Waals surface area contributed by atoms with E-state index in [4.69, 9.17) is 13.6 Å². The predicted octanol–water partition coefficient (Wildman–Crippen LogP) is 2.65. The topological polar surface area (TPSA) is 27.7 Å². The molecule has 0 saturated heterocycles. The van der Waals surface area contributed by atoms with E-state index in [0.29, 0.717) is 6.61 Å². The summed E-state index contributed by atoms with van der Waals surface area (Å²) in [7, 11) is -1.53. The highest BCUT2D eigenvalue weighted by Gasteiger charge is 2.19. The summed E-state index contributed by atoms with van der Waals surface area (Å²) in [5.74, 6) is 0. The molecule has 0 saturated carbocycles. The van der Waals surface area contributed by atoms with Crippen LogP contribution in [0.3, 0.4) is 0 Å². The van der Waals surface area contributed by atoms with Crippen LogP contribution in [0.4, 0.5) is 0 Å². The predicted molar refractivity (Wildman–Crippen MR) is 70.1 cm³/mol. The molecule has 0 heterocycles. The van der Waals surface area contributed by atoms with Gasteiger partial charge in [0.25, 0.3) is 0 Å². The van der Waals surface area contributed by atoms with E-state index in [0.717, 1.165) is 31.3 Å². The Labute approximate surface area is 102 Å². The van der Waals surface area contributed by atoms with Crippen molar-refractivity contribution in [1.29, 1.82) is 0 Å². The van der Waals surface area contributed by atoms with Crippen molar-refractivity contribution in [3.63, 3.8) is 0 Å². The molecule has 0 fully saturated rings. The van der Waals surface area contributed by atoms with Crippen LogP contribution in [0.1, 0.15) is 34.1 Å². The average Bonchev–Trinajstić information content (AvgIpc) is 2.24.